The van der Waals surface area contributed by atoms with Crippen molar-refractivity contribution in [3.63, 3.8) is 0 Å². The van der Waals surface area contributed by atoms with E-state index >= 15 is 0 Å². The molecule has 1 saturated heterocycles. The van der Waals surface area contributed by atoms with Gasteiger partial charge in [-0.3, -0.25) is 4.79 Å². The molecule has 3 aromatic rings. The smallest absolute Gasteiger partial charge is 0.274 e. The number of nitriles is 1. The van der Waals surface area contributed by atoms with Gasteiger partial charge in [0.25, 0.3) is 5.91 Å². The van der Waals surface area contributed by atoms with Crippen LogP contribution in [0.25, 0.3) is 0 Å². The number of hydrogen-bond donors (Lipinski definition) is 2. The second kappa shape index (κ2) is 9.05. The van der Waals surface area contributed by atoms with E-state index in [1.54, 1.807) is 24.3 Å². The molecule has 150 valence electrons. The molecule has 4 rings (SSSR count). The minimum absolute atomic E-state index is 0.213. The largest absolute Gasteiger partial charge is 0.372 e. The van der Waals surface area contributed by atoms with Crippen LogP contribution >= 0.6 is 0 Å². The lowest BCUT2D eigenvalue weighted by atomic mass is 10.1. The molecular weight excluding hydrogens is 376 g/mol. The average Bonchev–Trinajstić information content (AvgIpc) is 2.81. The van der Waals surface area contributed by atoms with Crippen LogP contribution in [0, 0.1) is 11.3 Å². The van der Waals surface area contributed by atoms with Crippen molar-refractivity contribution < 1.29 is 4.79 Å². The van der Waals surface area contributed by atoms with Crippen LogP contribution in [0.5, 0.6) is 0 Å². The summed E-state index contributed by atoms with van der Waals surface area (Å²) in [6.45, 7) is 2.20. The summed E-state index contributed by atoms with van der Waals surface area (Å²) < 4.78 is 0. The van der Waals surface area contributed by atoms with Gasteiger partial charge in [-0.1, -0.05) is 12.1 Å². The Labute approximate surface area is 175 Å². The van der Waals surface area contributed by atoms with Gasteiger partial charge in [-0.05, 0) is 61.7 Å². The molecule has 0 saturated carbocycles. The number of aromatic nitrogens is 2. The number of nitrogens with one attached hydrogen (secondary N) is 2. The molecule has 1 fully saturated rings. The second-order valence-electron chi connectivity index (χ2n) is 7.10. The molecule has 1 aliphatic rings. The fraction of sp³-hybridized carbons (Fsp3) is 0.217. The van der Waals surface area contributed by atoms with Gasteiger partial charge in [-0.2, -0.15) is 5.26 Å². The maximum Gasteiger partial charge on any atom is 0.274 e. The molecule has 2 aromatic carbocycles. The van der Waals surface area contributed by atoms with Gasteiger partial charge in [-0.15, -0.1) is 0 Å². The molecule has 7 nitrogen and oxygen atoms in total. The Morgan fingerprint density at radius 2 is 1.77 bits per heavy atom. The average molecular weight is 398 g/mol. The number of hydrogen-bond acceptors (Lipinski definition) is 6. The van der Waals surface area contributed by atoms with E-state index < -0.39 is 5.91 Å². The Morgan fingerprint density at radius 3 is 2.53 bits per heavy atom. The monoisotopic (exact) mass is 398 g/mol. The van der Waals surface area contributed by atoms with Crippen LogP contribution in [0.3, 0.4) is 0 Å². The number of para-hydroxylation sites is 1. The lowest BCUT2D eigenvalue weighted by Crippen LogP contribution is -2.29. The van der Waals surface area contributed by atoms with Crippen LogP contribution in [0.2, 0.25) is 0 Å². The predicted molar refractivity (Wildman–Crippen MR) is 117 cm³/mol. The van der Waals surface area contributed by atoms with E-state index in [1.165, 1.54) is 37.2 Å². The number of nitrogens with zero attached hydrogens (tertiary/aromatic N) is 4. The first-order valence-corrected chi connectivity index (χ1v) is 9.98. The SMILES string of the molecule is N#Cc1ccccc1NC(=O)c1ccnc(Nc2ccc(N3CCCCC3)cc2)n1. The van der Waals surface area contributed by atoms with Gasteiger partial charge in [-0.25, -0.2) is 9.97 Å². The van der Waals surface area contributed by atoms with E-state index in [0.717, 1.165) is 18.8 Å². The lowest BCUT2D eigenvalue weighted by Gasteiger charge is -2.28. The minimum Gasteiger partial charge on any atom is -0.372 e. The summed E-state index contributed by atoms with van der Waals surface area (Å²) in [6, 6.07) is 18.6. The van der Waals surface area contributed by atoms with E-state index in [0.29, 0.717) is 17.2 Å². The molecule has 7 heteroatoms. The highest BCUT2D eigenvalue weighted by Gasteiger charge is 2.13. The Morgan fingerprint density at radius 1 is 1.00 bits per heavy atom. The number of amides is 1. The van der Waals surface area contributed by atoms with Crippen molar-refractivity contribution in [1.29, 1.82) is 5.26 Å². The lowest BCUT2D eigenvalue weighted by molar-refractivity contribution is 0.102. The third-order valence-electron chi connectivity index (χ3n) is 5.03. The third-order valence-corrected chi connectivity index (χ3v) is 5.03. The highest BCUT2D eigenvalue weighted by molar-refractivity contribution is 6.03. The van der Waals surface area contributed by atoms with Crippen LogP contribution in [-0.2, 0) is 0 Å². The van der Waals surface area contributed by atoms with Crippen molar-refractivity contribution in [3.05, 3.63) is 72.1 Å². The minimum atomic E-state index is -0.399. The Hall–Kier alpha value is -3.92. The number of carbonyl (C=O) groups excluding carboxylic acids is 1. The Kier molecular flexibility index (Phi) is 5.85. The summed E-state index contributed by atoms with van der Waals surface area (Å²) in [5.74, 6) is -0.0643. The first-order chi connectivity index (χ1) is 14.7. The van der Waals surface area contributed by atoms with Gasteiger partial charge in [0.05, 0.1) is 11.3 Å². The number of carbonyl (C=O) groups is 1. The number of rotatable bonds is 5. The van der Waals surface area contributed by atoms with Crippen molar-refractivity contribution in [3.8, 4) is 6.07 Å². The zero-order chi connectivity index (χ0) is 20.8. The molecule has 0 atom stereocenters. The third kappa shape index (κ3) is 4.55. The van der Waals surface area contributed by atoms with E-state index in [1.807, 2.05) is 12.1 Å². The first-order valence-electron chi connectivity index (χ1n) is 9.98. The predicted octanol–water partition coefficient (Wildman–Crippen LogP) is 4.33. The van der Waals surface area contributed by atoms with Gasteiger partial charge in [0.15, 0.2) is 0 Å². The highest BCUT2D eigenvalue weighted by Crippen LogP contribution is 2.23. The summed E-state index contributed by atoms with van der Waals surface area (Å²) in [6.07, 6.45) is 5.31. The van der Waals surface area contributed by atoms with E-state index in [9.17, 15) is 10.1 Å². The maximum absolute atomic E-state index is 12.6. The molecule has 1 aromatic heterocycles. The van der Waals surface area contributed by atoms with Crippen molar-refractivity contribution >= 4 is 28.9 Å². The number of anilines is 4. The van der Waals surface area contributed by atoms with Crippen LogP contribution in [0.1, 0.15) is 35.3 Å². The number of piperidine rings is 1. The second-order valence-corrected chi connectivity index (χ2v) is 7.10. The molecule has 30 heavy (non-hydrogen) atoms. The van der Waals surface area contributed by atoms with Gasteiger partial charge in [0.1, 0.15) is 11.8 Å². The molecule has 0 unspecified atom stereocenters. The van der Waals surface area contributed by atoms with Crippen molar-refractivity contribution in [2.45, 2.75) is 19.3 Å². The summed E-state index contributed by atoms with van der Waals surface area (Å²) in [5, 5.41) is 15.0. The standard InChI is InChI=1S/C23H22N6O/c24-16-17-6-2-3-7-20(17)27-22(30)21-12-13-25-23(28-21)26-18-8-10-19(11-9-18)29-14-4-1-5-15-29/h2-3,6-13H,1,4-5,14-15H2,(H,27,30)(H,25,26,28). The van der Waals surface area contributed by atoms with E-state index in [4.69, 9.17) is 0 Å². The first kappa shape index (κ1) is 19.4. The van der Waals surface area contributed by atoms with Gasteiger partial charge < -0.3 is 15.5 Å². The van der Waals surface area contributed by atoms with Crippen LogP contribution in [-0.4, -0.2) is 29.0 Å². The molecule has 2 N–H and O–H groups in total. The highest BCUT2D eigenvalue weighted by atomic mass is 16.1. The molecular formula is C23H22N6O. The summed E-state index contributed by atoms with van der Waals surface area (Å²) >= 11 is 0. The van der Waals surface area contributed by atoms with Crippen molar-refractivity contribution in [2.24, 2.45) is 0 Å². The zero-order valence-corrected chi connectivity index (χ0v) is 16.5. The molecule has 0 aliphatic carbocycles. The molecule has 1 aliphatic heterocycles. The summed E-state index contributed by atoms with van der Waals surface area (Å²) in [7, 11) is 0. The van der Waals surface area contributed by atoms with Crippen LogP contribution in [0.4, 0.5) is 23.0 Å². The van der Waals surface area contributed by atoms with Gasteiger partial charge in [0, 0.05) is 30.7 Å². The molecule has 0 spiro atoms. The Bertz CT molecular complexity index is 1070. The summed E-state index contributed by atoms with van der Waals surface area (Å²) in [4.78, 5) is 23.5. The topological polar surface area (TPSA) is 93.9 Å². The van der Waals surface area contributed by atoms with E-state index in [-0.39, 0.29) is 5.69 Å². The quantitative estimate of drug-likeness (QED) is 0.664. The van der Waals surface area contributed by atoms with Gasteiger partial charge in [0.2, 0.25) is 5.95 Å². The fourth-order valence-corrected chi connectivity index (χ4v) is 3.46. The number of benzene rings is 2. The van der Waals surface area contributed by atoms with Gasteiger partial charge >= 0.3 is 0 Å². The maximum atomic E-state index is 12.6. The molecule has 0 radical (unpaired) electrons. The Balaban J connectivity index is 1.44. The fourth-order valence-electron chi connectivity index (χ4n) is 3.46. The van der Waals surface area contributed by atoms with Crippen molar-refractivity contribution in [2.75, 3.05) is 28.6 Å². The zero-order valence-electron chi connectivity index (χ0n) is 16.5. The van der Waals surface area contributed by atoms with Crippen molar-refractivity contribution in [1.82, 2.24) is 9.97 Å². The molecule has 1 amide bonds. The molecule has 0 bridgehead atoms. The normalized spacial score (nSPS) is 13.4. The van der Waals surface area contributed by atoms with Crippen LogP contribution < -0.4 is 15.5 Å². The summed E-state index contributed by atoms with van der Waals surface area (Å²) in [5.41, 5.74) is 3.12. The van der Waals surface area contributed by atoms with E-state index in [2.05, 4.69) is 43.7 Å². The van der Waals surface area contributed by atoms with Crippen LogP contribution in [0.15, 0.2) is 60.8 Å². The molecule has 2 heterocycles.